The van der Waals surface area contributed by atoms with E-state index in [2.05, 4.69) is 24.3 Å². The fourth-order valence-electron chi connectivity index (χ4n) is 2.46. The Balaban J connectivity index is 1.76. The second kappa shape index (κ2) is 6.93. The van der Waals surface area contributed by atoms with Gasteiger partial charge in [0.05, 0.1) is 6.61 Å². The molecule has 0 aliphatic rings. The van der Waals surface area contributed by atoms with Gasteiger partial charge < -0.3 is 4.74 Å². The minimum atomic E-state index is -0.0128. The van der Waals surface area contributed by atoms with Crippen LogP contribution >= 0.6 is 0 Å². The second-order valence-corrected chi connectivity index (χ2v) is 5.26. The normalized spacial score (nSPS) is 11.0. The summed E-state index contributed by atoms with van der Waals surface area (Å²) in [6.07, 6.45) is 3.46. The van der Waals surface area contributed by atoms with E-state index in [0.29, 0.717) is 12.2 Å². The van der Waals surface area contributed by atoms with E-state index in [-0.39, 0.29) is 5.78 Å². The maximum atomic E-state index is 12.2. The van der Waals surface area contributed by atoms with Crippen molar-refractivity contribution in [3.63, 3.8) is 0 Å². The van der Waals surface area contributed by atoms with E-state index < -0.39 is 0 Å². The molecule has 0 bridgehead atoms. The van der Waals surface area contributed by atoms with Crippen LogP contribution in [0.5, 0.6) is 5.75 Å². The predicted octanol–water partition coefficient (Wildman–Crippen LogP) is 5.13. The van der Waals surface area contributed by atoms with E-state index in [1.54, 1.807) is 18.2 Å². The van der Waals surface area contributed by atoms with Crippen molar-refractivity contribution in [3.8, 4) is 5.75 Å². The molecule has 0 atom stereocenters. The number of carbonyl (C=O) groups excluding carboxylic acids is 1. The lowest BCUT2D eigenvalue weighted by atomic mass is 10.1. The molecule has 3 aromatic rings. The molecule has 0 amide bonds. The van der Waals surface area contributed by atoms with Crippen LogP contribution in [0.3, 0.4) is 0 Å². The molecule has 0 aromatic heterocycles. The largest absolute Gasteiger partial charge is 0.494 e. The van der Waals surface area contributed by atoms with Gasteiger partial charge in [0, 0.05) is 5.56 Å². The van der Waals surface area contributed by atoms with Gasteiger partial charge in [0.1, 0.15) is 5.75 Å². The molecule has 0 heterocycles. The van der Waals surface area contributed by atoms with Crippen LogP contribution in [0.1, 0.15) is 22.8 Å². The molecule has 0 aliphatic heterocycles. The summed E-state index contributed by atoms with van der Waals surface area (Å²) >= 11 is 0. The first-order chi connectivity index (χ1) is 11.3. The Morgan fingerprint density at radius 2 is 1.70 bits per heavy atom. The molecule has 0 saturated heterocycles. The lowest BCUT2D eigenvalue weighted by Crippen LogP contribution is -1.95. The zero-order valence-electron chi connectivity index (χ0n) is 13.0. The Morgan fingerprint density at radius 1 is 0.957 bits per heavy atom. The first-order valence-corrected chi connectivity index (χ1v) is 7.70. The molecule has 23 heavy (non-hydrogen) atoms. The van der Waals surface area contributed by atoms with Crippen LogP contribution in [0.2, 0.25) is 0 Å². The summed E-state index contributed by atoms with van der Waals surface area (Å²) in [6, 6.07) is 21.6. The van der Waals surface area contributed by atoms with E-state index in [9.17, 15) is 4.79 Å². The molecule has 3 rings (SSSR count). The number of rotatable bonds is 5. The Bertz CT molecular complexity index is 845. The first kappa shape index (κ1) is 15.0. The summed E-state index contributed by atoms with van der Waals surface area (Å²) in [5, 5.41) is 2.37. The molecular weight excluding hydrogens is 284 g/mol. The Hall–Kier alpha value is -2.87. The van der Waals surface area contributed by atoms with Crippen molar-refractivity contribution < 1.29 is 9.53 Å². The summed E-state index contributed by atoms with van der Waals surface area (Å²) in [7, 11) is 0. The van der Waals surface area contributed by atoms with Crippen molar-refractivity contribution >= 4 is 22.6 Å². The van der Waals surface area contributed by atoms with Crippen molar-refractivity contribution in [2.45, 2.75) is 6.92 Å². The summed E-state index contributed by atoms with van der Waals surface area (Å²) in [6.45, 7) is 2.56. The highest BCUT2D eigenvalue weighted by Gasteiger charge is 2.02. The number of hydrogen-bond acceptors (Lipinski definition) is 2. The third kappa shape index (κ3) is 3.67. The van der Waals surface area contributed by atoms with Gasteiger partial charge in [-0.15, -0.1) is 0 Å². The van der Waals surface area contributed by atoms with Crippen molar-refractivity contribution in [1.82, 2.24) is 0 Å². The number of hydrogen-bond donors (Lipinski definition) is 0. The van der Waals surface area contributed by atoms with E-state index in [1.165, 1.54) is 10.8 Å². The van der Waals surface area contributed by atoms with Crippen LogP contribution in [0, 0.1) is 0 Å². The molecule has 2 nitrogen and oxygen atoms in total. The zero-order chi connectivity index (χ0) is 16.1. The molecule has 114 valence electrons. The monoisotopic (exact) mass is 302 g/mol. The highest BCUT2D eigenvalue weighted by Crippen LogP contribution is 2.17. The van der Waals surface area contributed by atoms with Gasteiger partial charge in [0.15, 0.2) is 5.78 Å². The van der Waals surface area contributed by atoms with E-state index in [1.807, 2.05) is 43.3 Å². The van der Waals surface area contributed by atoms with Gasteiger partial charge in [0.25, 0.3) is 0 Å². The summed E-state index contributed by atoms with van der Waals surface area (Å²) in [4.78, 5) is 12.2. The topological polar surface area (TPSA) is 26.3 Å². The minimum Gasteiger partial charge on any atom is -0.494 e. The van der Waals surface area contributed by atoms with Crippen LogP contribution in [-0.2, 0) is 0 Å². The molecule has 0 aliphatic carbocycles. The quantitative estimate of drug-likeness (QED) is 0.482. The van der Waals surface area contributed by atoms with E-state index in [0.717, 1.165) is 11.3 Å². The first-order valence-electron chi connectivity index (χ1n) is 7.70. The van der Waals surface area contributed by atoms with Crippen LogP contribution in [-0.4, -0.2) is 12.4 Å². The number of ether oxygens (including phenoxy) is 1. The van der Waals surface area contributed by atoms with Gasteiger partial charge in [-0.2, -0.15) is 0 Å². The summed E-state index contributed by atoms with van der Waals surface area (Å²) < 4.78 is 5.38. The smallest absolute Gasteiger partial charge is 0.185 e. The molecule has 0 N–H and O–H groups in total. The maximum absolute atomic E-state index is 12.2. The van der Waals surface area contributed by atoms with Gasteiger partial charge in [-0.3, -0.25) is 4.79 Å². The Labute approximate surface area is 136 Å². The highest BCUT2D eigenvalue weighted by atomic mass is 16.5. The van der Waals surface area contributed by atoms with Gasteiger partial charge in [0.2, 0.25) is 0 Å². The van der Waals surface area contributed by atoms with Gasteiger partial charge >= 0.3 is 0 Å². The Kier molecular flexibility index (Phi) is 4.53. The third-order valence-corrected chi connectivity index (χ3v) is 3.65. The molecular formula is C21H18O2. The van der Waals surface area contributed by atoms with Gasteiger partial charge in [-0.25, -0.2) is 0 Å². The minimum absolute atomic E-state index is 0.0128. The summed E-state index contributed by atoms with van der Waals surface area (Å²) in [5.41, 5.74) is 1.67. The fraction of sp³-hybridized carbons (Fsp3) is 0.0952. The SMILES string of the molecule is CCOc1ccc(C(=O)/C=C/c2ccc3ccccc3c2)cc1. The van der Waals surface area contributed by atoms with Crippen LogP contribution in [0.15, 0.2) is 72.8 Å². The van der Waals surface area contributed by atoms with Gasteiger partial charge in [-0.05, 0) is 59.7 Å². The average molecular weight is 302 g/mol. The van der Waals surface area contributed by atoms with Crippen molar-refractivity contribution in [2.24, 2.45) is 0 Å². The van der Waals surface area contributed by atoms with Crippen LogP contribution in [0.25, 0.3) is 16.8 Å². The van der Waals surface area contributed by atoms with E-state index in [4.69, 9.17) is 4.74 Å². The lowest BCUT2D eigenvalue weighted by Gasteiger charge is -2.03. The number of allylic oxidation sites excluding steroid dienone is 1. The van der Waals surface area contributed by atoms with Crippen molar-refractivity contribution in [2.75, 3.05) is 6.61 Å². The van der Waals surface area contributed by atoms with Crippen LogP contribution < -0.4 is 4.74 Å². The van der Waals surface area contributed by atoms with Crippen molar-refractivity contribution in [3.05, 3.63) is 83.9 Å². The third-order valence-electron chi connectivity index (χ3n) is 3.65. The molecule has 2 heteroatoms. The van der Waals surface area contributed by atoms with E-state index >= 15 is 0 Å². The molecule has 0 unspecified atom stereocenters. The van der Waals surface area contributed by atoms with Gasteiger partial charge in [-0.1, -0.05) is 42.5 Å². The average Bonchev–Trinajstić information content (AvgIpc) is 2.60. The standard InChI is InChI=1S/C21H18O2/c1-2-23-20-12-10-18(11-13-20)21(22)14-8-16-7-9-17-5-3-4-6-19(17)15-16/h3-15H,2H2,1H3/b14-8+. The zero-order valence-corrected chi connectivity index (χ0v) is 13.0. The highest BCUT2D eigenvalue weighted by molar-refractivity contribution is 6.07. The van der Waals surface area contributed by atoms with Crippen molar-refractivity contribution in [1.29, 1.82) is 0 Å². The number of ketones is 1. The number of fused-ring (bicyclic) bond motifs is 1. The molecule has 0 radical (unpaired) electrons. The molecule has 3 aromatic carbocycles. The Morgan fingerprint density at radius 3 is 2.43 bits per heavy atom. The molecule has 0 saturated carbocycles. The lowest BCUT2D eigenvalue weighted by molar-refractivity contribution is 0.104. The summed E-state index contributed by atoms with van der Waals surface area (Å²) in [5.74, 6) is 0.767. The maximum Gasteiger partial charge on any atom is 0.185 e. The molecule has 0 fully saturated rings. The molecule has 0 spiro atoms. The predicted molar refractivity (Wildman–Crippen MR) is 94.9 cm³/mol. The second-order valence-electron chi connectivity index (χ2n) is 5.26. The van der Waals surface area contributed by atoms with Crippen LogP contribution in [0.4, 0.5) is 0 Å². The number of carbonyl (C=O) groups is 1. The fourth-order valence-corrected chi connectivity index (χ4v) is 2.46. The number of benzene rings is 3.